The zero-order valence-corrected chi connectivity index (χ0v) is 15.6. The lowest BCUT2D eigenvalue weighted by Gasteiger charge is -2.07. The number of carbonyl (C=O) groups excluding carboxylic acids is 2. The molecule has 9 heteroatoms. The Morgan fingerprint density at radius 2 is 2.00 bits per heavy atom. The van der Waals surface area contributed by atoms with Gasteiger partial charge < -0.3 is 15.4 Å². The van der Waals surface area contributed by atoms with Gasteiger partial charge in [0.15, 0.2) is 5.78 Å². The molecule has 1 amide bonds. The van der Waals surface area contributed by atoms with Gasteiger partial charge in [0.1, 0.15) is 11.5 Å². The molecular weight excluding hydrogens is 380 g/mol. The first-order valence-electron chi connectivity index (χ1n) is 8.75. The Morgan fingerprint density at radius 1 is 1.21 bits per heavy atom. The number of rotatable bonds is 6. The minimum absolute atomic E-state index is 0.106. The molecule has 3 aromatic rings. The van der Waals surface area contributed by atoms with Crippen LogP contribution < -0.4 is 5.32 Å². The van der Waals surface area contributed by atoms with Crippen LogP contribution in [-0.4, -0.2) is 26.4 Å². The van der Waals surface area contributed by atoms with Crippen molar-refractivity contribution in [1.29, 1.82) is 0 Å². The summed E-state index contributed by atoms with van der Waals surface area (Å²) in [6.45, 7) is -0.171. The van der Waals surface area contributed by atoms with E-state index in [-0.39, 0.29) is 24.1 Å². The Hall–Kier alpha value is -3.33. The maximum absolute atomic E-state index is 13.1. The van der Waals surface area contributed by atoms with E-state index in [2.05, 4.69) is 10.4 Å². The fourth-order valence-corrected chi connectivity index (χ4v) is 4.62. The van der Waals surface area contributed by atoms with E-state index in [4.69, 9.17) is 0 Å². The molecule has 28 heavy (non-hydrogen) atoms. The van der Waals surface area contributed by atoms with Crippen LogP contribution in [0.15, 0.2) is 42.6 Å². The van der Waals surface area contributed by atoms with Gasteiger partial charge in [0.2, 0.25) is 5.91 Å². The lowest BCUT2D eigenvalue weighted by atomic mass is 10.0. The molecule has 0 radical (unpaired) electrons. The molecule has 1 aliphatic carbocycles. The van der Waals surface area contributed by atoms with Gasteiger partial charge in [0.05, 0.1) is 22.9 Å². The van der Waals surface area contributed by atoms with Crippen molar-refractivity contribution < 1.29 is 14.5 Å². The highest BCUT2D eigenvalue weighted by atomic mass is 32.1. The fraction of sp³-hybridized carbons (Fsp3) is 0.211. The summed E-state index contributed by atoms with van der Waals surface area (Å²) in [5, 5.41) is 17.8. The SMILES string of the molecule is O=C(Cn1ccc([N+](=O)[O-])n1)Nc1sc2c(c1C(=O)c1ccccc1)CCC2. The van der Waals surface area contributed by atoms with Gasteiger partial charge in [0.25, 0.3) is 0 Å². The normalized spacial score (nSPS) is 12.6. The predicted octanol–water partition coefficient (Wildman–Crippen LogP) is 3.21. The highest BCUT2D eigenvalue weighted by Crippen LogP contribution is 2.40. The number of hydrogen-bond acceptors (Lipinski definition) is 6. The summed E-state index contributed by atoms with van der Waals surface area (Å²) in [6.07, 6.45) is 4.10. The molecule has 1 aromatic carbocycles. The van der Waals surface area contributed by atoms with Crippen molar-refractivity contribution in [2.24, 2.45) is 0 Å². The largest absolute Gasteiger partial charge is 0.389 e. The molecular formula is C19H16N4O4S. The number of amides is 1. The summed E-state index contributed by atoms with van der Waals surface area (Å²) in [5.41, 5.74) is 2.15. The molecule has 1 aliphatic rings. The Labute approximate surface area is 164 Å². The maximum atomic E-state index is 13.1. The van der Waals surface area contributed by atoms with Crippen molar-refractivity contribution in [1.82, 2.24) is 9.78 Å². The molecule has 0 spiro atoms. The van der Waals surface area contributed by atoms with Crippen molar-refractivity contribution >= 4 is 33.8 Å². The number of nitrogens with zero attached hydrogens (tertiary/aromatic N) is 3. The summed E-state index contributed by atoms with van der Waals surface area (Å²) in [6, 6.07) is 10.2. The molecule has 0 bridgehead atoms. The van der Waals surface area contributed by atoms with Crippen molar-refractivity contribution in [3.8, 4) is 0 Å². The summed E-state index contributed by atoms with van der Waals surface area (Å²) >= 11 is 1.43. The van der Waals surface area contributed by atoms with E-state index in [1.54, 1.807) is 12.1 Å². The van der Waals surface area contributed by atoms with Crippen LogP contribution in [0.5, 0.6) is 0 Å². The van der Waals surface area contributed by atoms with Gasteiger partial charge in [-0.05, 0) is 29.7 Å². The first kappa shape index (κ1) is 18.1. The average molecular weight is 396 g/mol. The van der Waals surface area contributed by atoms with E-state index in [9.17, 15) is 19.7 Å². The Morgan fingerprint density at radius 3 is 2.71 bits per heavy atom. The van der Waals surface area contributed by atoms with Crippen LogP contribution in [-0.2, 0) is 24.2 Å². The number of aromatic nitrogens is 2. The molecule has 0 fully saturated rings. The fourth-order valence-electron chi connectivity index (χ4n) is 3.32. The lowest BCUT2D eigenvalue weighted by molar-refractivity contribution is -0.389. The number of aryl methyl sites for hydroxylation is 1. The number of carbonyl (C=O) groups is 2. The van der Waals surface area contributed by atoms with Crippen LogP contribution in [0.2, 0.25) is 0 Å². The zero-order valence-electron chi connectivity index (χ0n) is 14.8. The van der Waals surface area contributed by atoms with E-state index >= 15 is 0 Å². The van der Waals surface area contributed by atoms with Gasteiger partial charge in [-0.1, -0.05) is 30.3 Å². The third-order valence-electron chi connectivity index (χ3n) is 4.56. The van der Waals surface area contributed by atoms with Crippen molar-refractivity contribution in [3.63, 3.8) is 0 Å². The van der Waals surface area contributed by atoms with E-state index < -0.39 is 4.92 Å². The van der Waals surface area contributed by atoms with Crippen LogP contribution in [0.4, 0.5) is 10.8 Å². The second-order valence-corrected chi connectivity index (χ2v) is 7.54. The Balaban J connectivity index is 1.58. The van der Waals surface area contributed by atoms with Crippen LogP contribution >= 0.6 is 11.3 Å². The third-order valence-corrected chi connectivity index (χ3v) is 5.76. The Kier molecular flexibility index (Phi) is 4.74. The summed E-state index contributed by atoms with van der Waals surface area (Å²) in [5.74, 6) is -0.812. The second-order valence-electron chi connectivity index (χ2n) is 6.43. The summed E-state index contributed by atoms with van der Waals surface area (Å²) in [7, 11) is 0. The van der Waals surface area contributed by atoms with Crippen LogP contribution in [0.25, 0.3) is 0 Å². The molecule has 1 N–H and O–H groups in total. The van der Waals surface area contributed by atoms with E-state index in [1.807, 2.05) is 18.2 Å². The first-order chi connectivity index (χ1) is 13.5. The smallest absolute Gasteiger partial charge is 0.358 e. The maximum Gasteiger partial charge on any atom is 0.389 e. The number of benzene rings is 1. The van der Waals surface area contributed by atoms with E-state index in [1.165, 1.54) is 28.3 Å². The standard InChI is InChI=1S/C19H16N4O4S/c24-16(11-22-10-9-15(21-22)23(26)27)20-19-17(13-7-4-8-14(13)28-19)18(25)12-5-2-1-3-6-12/h1-3,5-6,9-10H,4,7-8,11H2,(H,20,24). The van der Waals surface area contributed by atoms with Gasteiger partial charge >= 0.3 is 5.82 Å². The predicted molar refractivity (Wildman–Crippen MR) is 104 cm³/mol. The monoisotopic (exact) mass is 396 g/mol. The van der Waals surface area contributed by atoms with Gasteiger partial charge in [-0.15, -0.1) is 11.3 Å². The van der Waals surface area contributed by atoms with Gasteiger partial charge in [-0.3, -0.25) is 9.59 Å². The molecule has 0 saturated carbocycles. The molecule has 0 atom stereocenters. The number of nitro groups is 1. The number of ketones is 1. The number of fused-ring (bicyclic) bond motifs is 1. The average Bonchev–Trinajstić information content (AvgIpc) is 3.38. The minimum atomic E-state index is -0.616. The molecule has 4 rings (SSSR count). The van der Waals surface area contributed by atoms with Crippen LogP contribution in [0.3, 0.4) is 0 Å². The van der Waals surface area contributed by atoms with Crippen molar-refractivity contribution in [2.75, 3.05) is 5.32 Å². The number of anilines is 1. The molecule has 2 aromatic heterocycles. The molecule has 0 saturated heterocycles. The molecule has 0 aliphatic heterocycles. The number of nitrogens with one attached hydrogen (secondary N) is 1. The third kappa shape index (κ3) is 3.44. The molecule has 8 nitrogen and oxygen atoms in total. The quantitative estimate of drug-likeness (QED) is 0.391. The van der Waals surface area contributed by atoms with Gasteiger partial charge in [-0.25, -0.2) is 0 Å². The topological polar surface area (TPSA) is 107 Å². The minimum Gasteiger partial charge on any atom is -0.358 e. The summed E-state index contributed by atoms with van der Waals surface area (Å²) in [4.78, 5) is 36.8. The molecule has 2 heterocycles. The zero-order chi connectivity index (χ0) is 19.7. The van der Waals surface area contributed by atoms with E-state index in [0.29, 0.717) is 16.1 Å². The van der Waals surface area contributed by atoms with Gasteiger partial charge in [-0.2, -0.15) is 4.68 Å². The second kappa shape index (κ2) is 7.35. The van der Waals surface area contributed by atoms with Crippen molar-refractivity contribution in [2.45, 2.75) is 25.8 Å². The number of hydrogen-bond donors (Lipinski definition) is 1. The molecule has 142 valence electrons. The highest BCUT2D eigenvalue weighted by molar-refractivity contribution is 7.17. The lowest BCUT2D eigenvalue weighted by Crippen LogP contribution is -2.20. The van der Waals surface area contributed by atoms with E-state index in [0.717, 1.165) is 29.7 Å². The Bertz CT molecular complexity index is 1070. The van der Waals surface area contributed by atoms with Crippen molar-refractivity contribution in [3.05, 3.63) is 74.3 Å². The summed E-state index contributed by atoms with van der Waals surface area (Å²) < 4.78 is 1.20. The number of thiophene rings is 1. The van der Waals surface area contributed by atoms with Gasteiger partial charge in [0, 0.05) is 10.4 Å². The first-order valence-corrected chi connectivity index (χ1v) is 9.56. The highest BCUT2D eigenvalue weighted by Gasteiger charge is 2.28. The molecule has 0 unspecified atom stereocenters. The van der Waals surface area contributed by atoms with Crippen LogP contribution in [0, 0.1) is 10.1 Å². The van der Waals surface area contributed by atoms with Crippen LogP contribution in [0.1, 0.15) is 32.8 Å².